The van der Waals surface area contributed by atoms with Crippen LogP contribution in [0.2, 0.25) is 0 Å². The van der Waals surface area contributed by atoms with E-state index in [4.69, 9.17) is 4.74 Å². The predicted molar refractivity (Wildman–Crippen MR) is 81.3 cm³/mol. The molecule has 21 heavy (non-hydrogen) atoms. The first-order valence-electron chi connectivity index (χ1n) is 7.21. The molecular weight excluding hydrogens is 290 g/mol. The van der Waals surface area contributed by atoms with Crippen molar-refractivity contribution in [2.75, 3.05) is 25.4 Å². The van der Waals surface area contributed by atoms with E-state index in [-0.39, 0.29) is 18.0 Å². The number of aromatic nitrogens is 1. The molecule has 1 saturated heterocycles. The van der Waals surface area contributed by atoms with Gasteiger partial charge in [0.1, 0.15) is 0 Å². The highest BCUT2D eigenvalue weighted by atomic mass is 32.2. The second-order valence-corrected chi connectivity index (χ2v) is 7.48. The van der Waals surface area contributed by atoms with Crippen LogP contribution in [-0.2, 0) is 21.3 Å². The molecule has 0 radical (unpaired) electrons. The Hall–Kier alpha value is -1.02. The Bertz CT molecular complexity index is 526. The van der Waals surface area contributed by atoms with Crippen molar-refractivity contribution in [2.45, 2.75) is 32.6 Å². The van der Waals surface area contributed by atoms with E-state index in [2.05, 4.69) is 10.3 Å². The lowest BCUT2D eigenvalue weighted by atomic mass is 10.3. The number of nitrogens with one attached hydrogen (secondary N) is 1. The monoisotopic (exact) mass is 313 g/mol. The molecule has 7 heteroatoms. The summed E-state index contributed by atoms with van der Waals surface area (Å²) in [6.45, 7) is 5.67. The third kappa shape index (κ3) is 5.03. The molecule has 0 unspecified atom stereocenters. The summed E-state index contributed by atoms with van der Waals surface area (Å²) in [5, 5.41) is 3.12. The van der Waals surface area contributed by atoms with Gasteiger partial charge >= 0.3 is 0 Å². The SMILES string of the molecule is C[C@@H]1CN(S(=O)(=O)CCNCc2ccccn2)C[C@@H](C)O1. The summed E-state index contributed by atoms with van der Waals surface area (Å²) in [7, 11) is -3.23. The molecule has 2 atom stereocenters. The Kier molecular flexibility index (Phi) is 5.69. The van der Waals surface area contributed by atoms with Gasteiger partial charge in [-0.25, -0.2) is 8.42 Å². The second-order valence-electron chi connectivity index (χ2n) is 5.39. The molecule has 2 rings (SSSR count). The number of hydrogen-bond donors (Lipinski definition) is 1. The van der Waals surface area contributed by atoms with Gasteiger partial charge in [-0.3, -0.25) is 4.98 Å². The quantitative estimate of drug-likeness (QED) is 0.779. The molecule has 1 N–H and O–H groups in total. The number of hydrogen-bond acceptors (Lipinski definition) is 5. The molecule has 1 fully saturated rings. The van der Waals surface area contributed by atoms with Crippen LogP contribution in [0.1, 0.15) is 19.5 Å². The van der Waals surface area contributed by atoms with E-state index >= 15 is 0 Å². The minimum absolute atomic E-state index is 0.0509. The van der Waals surface area contributed by atoms with Crippen LogP contribution in [0.5, 0.6) is 0 Å². The van der Waals surface area contributed by atoms with E-state index in [1.807, 2.05) is 32.0 Å². The molecule has 1 aromatic rings. The topological polar surface area (TPSA) is 71.5 Å². The fourth-order valence-corrected chi connectivity index (χ4v) is 3.94. The Morgan fingerprint density at radius 2 is 2.05 bits per heavy atom. The molecule has 1 aliphatic heterocycles. The molecule has 0 spiro atoms. The van der Waals surface area contributed by atoms with Gasteiger partial charge < -0.3 is 10.1 Å². The molecule has 0 bridgehead atoms. The first kappa shape index (κ1) is 16.4. The van der Waals surface area contributed by atoms with Crippen molar-refractivity contribution in [1.29, 1.82) is 0 Å². The smallest absolute Gasteiger partial charge is 0.215 e. The van der Waals surface area contributed by atoms with Crippen LogP contribution in [0.3, 0.4) is 0 Å². The largest absolute Gasteiger partial charge is 0.373 e. The van der Waals surface area contributed by atoms with Crippen molar-refractivity contribution in [1.82, 2.24) is 14.6 Å². The minimum Gasteiger partial charge on any atom is -0.373 e. The number of ether oxygens (including phenoxy) is 1. The van der Waals surface area contributed by atoms with Crippen LogP contribution in [0.15, 0.2) is 24.4 Å². The van der Waals surface area contributed by atoms with Gasteiger partial charge in [-0.05, 0) is 26.0 Å². The average molecular weight is 313 g/mol. The van der Waals surface area contributed by atoms with Gasteiger partial charge in [0.25, 0.3) is 0 Å². The first-order chi connectivity index (χ1) is 9.97. The maximum Gasteiger partial charge on any atom is 0.215 e. The third-order valence-corrected chi connectivity index (χ3v) is 5.15. The van der Waals surface area contributed by atoms with Gasteiger partial charge in [0.2, 0.25) is 10.0 Å². The summed E-state index contributed by atoms with van der Waals surface area (Å²) in [6.07, 6.45) is 1.62. The summed E-state index contributed by atoms with van der Waals surface area (Å²) in [6, 6.07) is 5.68. The highest BCUT2D eigenvalue weighted by Crippen LogP contribution is 2.14. The third-order valence-electron chi connectivity index (χ3n) is 3.35. The summed E-state index contributed by atoms with van der Waals surface area (Å²) < 4.78 is 31.7. The normalized spacial score (nSPS) is 24.1. The highest BCUT2D eigenvalue weighted by Gasteiger charge is 2.30. The molecule has 6 nitrogen and oxygen atoms in total. The maximum atomic E-state index is 12.3. The molecule has 118 valence electrons. The van der Waals surface area contributed by atoms with Crippen LogP contribution in [0.4, 0.5) is 0 Å². The van der Waals surface area contributed by atoms with Crippen molar-refractivity contribution >= 4 is 10.0 Å². The molecule has 1 aliphatic rings. The number of sulfonamides is 1. The predicted octanol–water partition coefficient (Wildman–Crippen LogP) is 0.610. The van der Waals surface area contributed by atoms with Crippen LogP contribution >= 0.6 is 0 Å². The summed E-state index contributed by atoms with van der Waals surface area (Å²) >= 11 is 0. The maximum absolute atomic E-state index is 12.3. The molecule has 2 heterocycles. The van der Waals surface area contributed by atoms with E-state index in [0.717, 1.165) is 5.69 Å². The molecule has 0 amide bonds. The molecule has 0 aliphatic carbocycles. The number of rotatable bonds is 6. The summed E-state index contributed by atoms with van der Waals surface area (Å²) in [5.41, 5.74) is 0.906. The van der Waals surface area contributed by atoms with Gasteiger partial charge in [-0.2, -0.15) is 4.31 Å². The fraction of sp³-hybridized carbons (Fsp3) is 0.643. The minimum atomic E-state index is -3.23. The summed E-state index contributed by atoms with van der Waals surface area (Å²) in [4.78, 5) is 4.18. The second kappa shape index (κ2) is 7.31. The fourth-order valence-electron chi connectivity index (χ4n) is 2.41. The number of nitrogens with zero attached hydrogens (tertiary/aromatic N) is 2. The first-order valence-corrected chi connectivity index (χ1v) is 8.82. The van der Waals surface area contributed by atoms with Crippen molar-refractivity contribution in [2.24, 2.45) is 0 Å². The Morgan fingerprint density at radius 3 is 2.67 bits per heavy atom. The van der Waals surface area contributed by atoms with Crippen LogP contribution in [0, 0.1) is 0 Å². The van der Waals surface area contributed by atoms with Crippen molar-refractivity contribution < 1.29 is 13.2 Å². The highest BCUT2D eigenvalue weighted by molar-refractivity contribution is 7.89. The molecule has 0 saturated carbocycles. The summed E-state index contributed by atoms with van der Waals surface area (Å²) in [5.74, 6) is 0.0965. The van der Waals surface area contributed by atoms with E-state index in [9.17, 15) is 8.42 Å². The number of pyridine rings is 1. The van der Waals surface area contributed by atoms with Crippen LogP contribution in [0.25, 0.3) is 0 Å². The lowest BCUT2D eigenvalue weighted by molar-refractivity contribution is -0.0440. The standard InChI is InChI=1S/C14H23N3O3S/c1-12-10-17(11-13(2)20-12)21(18,19)8-7-15-9-14-5-3-4-6-16-14/h3-6,12-13,15H,7-11H2,1-2H3/t12-,13-/m1/s1. The van der Waals surface area contributed by atoms with Crippen molar-refractivity contribution in [3.8, 4) is 0 Å². The lowest BCUT2D eigenvalue weighted by Gasteiger charge is -2.34. The van der Waals surface area contributed by atoms with Crippen molar-refractivity contribution in [3.63, 3.8) is 0 Å². The average Bonchev–Trinajstić information content (AvgIpc) is 2.44. The van der Waals surface area contributed by atoms with Gasteiger partial charge in [0.15, 0.2) is 0 Å². The van der Waals surface area contributed by atoms with Crippen LogP contribution in [-0.4, -0.2) is 55.3 Å². The van der Waals surface area contributed by atoms with E-state index < -0.39 is 10.0 Å². The molecular formula is C14H23N3O3S. The zero-order valence-corrected chi connectivity index (χ0v) is 13.3. The molecule has 1 aromatic heterocycles. The van der Waals surface area contributed by atoms with Gasteiger partial charge in [-0.15, -0.1) is 0 Å². The van der Waals surface area contributed by atoms with Gasteiger partial charge in [0, 0.05) is 32.4 Å². The van der Waals surface area contributed by atoms with Gasteiger partial charge in [-0.1, -0.05) is 6.07 Å². The zero-order valence-electron chi connectivity index (χ0n) is 12.5. The van der Waals surface area contributed by atoms with Gasteiger partial charge in [0.05, 0.1) is 23.7 Å². The Morgan fingerprint density at radius 1 is 1.33 bits per heavy atom. The number of morpholine rings is 1. The molecule has 0 aromatic carbocycles. The van der Waals surface area contributed by atoms with E-state index in [0.29, 0.717) is 26.2 Å². The van der Waals surface area contributed by atoms with E-state index in [1.54, 1.807) is 6.20 Å². The zero-order chi connectivity index (χ0) is 15.3. The Balaban J connectivity index is 1.78. The van der Waals surface area contributed by atoms with Crippen molar-refractivity contribution in [3.05, 3.63) is 30.1 Å². The lowest BCUT2D eigenvalue weighted by Crippen LogP contribution is -2.49. The van der Waals surface area contributed by atoms with E-state index in [1.165, 1.54) is 4.31 Å². The Labute approximate surface area is 126 Å². The van der Waals surface area contributed by atoms with Crippen LogP contribution < -0.4 is 5.32 Å².